The molecule has 0 saturated heterocycles. The van der Waals surface area contributed by atoms with Gasteiger partial charge in [-0.15, -0.1) is 0 Å². The molecular weight excluding hydrogens is 316 g/mol. The summed E-state index contributed by atoms with van der Waals surface area (Å²) >= 11 is 3.28. The predicted octanol–water partition coefficient (Wildman–Crippen LogP) is 2.60. The van der Waals surface area contributed by atoms with E-state index >= 15 is 0 Å². The summed E-state index contributed by atoms with van der Waals surface area (Å²) < 4.78 is 15.5. The van der Waals surface area contributed by atoms with Gasteiger partial charge in [-0.2, -0.15) is 0 Å². The lowest BCUT2D eigenvalue weighted by Gasteiger charge is -2.12. The van der Waals surface area contributed by atoms with Crippen molar-refractivity contribution < 1.29 is 23.8 Å². The molecule has 6 heteroatoms. The smallest absolute Gasteiger partial charge is 0.313 e. The summed E-state index contributed by atoms with van der Waals surface area (Å²) in [4.78, 5) is 23.3. The maximum atomic E-state index is 12.0. The quantitative estimate of drug-likeness (QED) is 0.455. The van der Waals surface area contributed by atoms with Gasteiger partial charge in [-0.3, -0.25) is 9.59 Å². The van der Waals surface area contributed by atoms with Crippen LogP contribution in [0.5, 0.6) is 11.5 Å². The first-order chi connectivity index (χ1) is 9.04. The number of carbonyl (C=O) groups excluding carboxylic acids is 2. The van der Waals surface area contributed by atoms with Crippen molar-refractivity contribution in [3.8, 4) is 11.5 Å². The molecule has 0 heterocycles. The van der Waals surface area contributed by atoms with Crippen molar-refractivity contribution in [3.63, 3.8) is 0 Å². The number of halogens is 1. The Hall–Kier alpha value is -1.56. The zero-order valence-electron chi connectivity index (χ0n) is 11.0. The van der Waals surface area contributed by atoms with Crippen molar-refractivity contribution >= 4 is 27.7 Å². The molecule has 0 amide bonds. The molecule has 0 aliphatic rings. The molecule has 0 radical (unpaired) electrons. The Balaban J connectivity index is 3.01. The van der Waals surface area contributed by atoms with Crippen LogP contribution in [0.25, 0.3) is 0 Å². The normalized spacial score (nSPS) is 9.89. The molecule has 0 bridgehead atoms. The largest absolute Gasteiger partial charge is 0.493 e. The SMILES string of the molecule is CCOC(=O)CC(=O)c1ccc(OC)c(OC)c1Br. The van der Waals surface area contributed by atoms with Crippen LogP contribution < -0.4 is 9.47 Å². The molecule has 0 spiro atoms. The van der Waals surface area contributed by atoms with Crippen LogP contribution in [0, 0.1) is 0 Å². The molecule has 5 nitrogen and oxygen atoms in total. The highest BCUT2D eigenvalue weighted by Crippen LogP contribution is 2.37. The molecule has 0 atom stereocenters. The minimum Gasteiger partial charge on any atom is -0.493 e. The number of carbonyl (C=O) groups is 2. The van der Waals surface area contributed by atoms with Crippen LogP contribution in [0.2, 0.25) is 0 Å². The zero-order chi connectivity index (χ0) is 14.4. The van der Waals surface area contributed by atoms with Crippen molar-refractivity contribution in [3.05, 3.63) is 22.2 Å². The lowest BCUT2D eigenvalue weighted by molar-refractivity contribution is -0.141. The number of benzene rings is 1. The fourth-order valence-electron chi connectivity index (χ4n) is 1.54. The Bertz CT molecular complexity index is 484. The van der Waals surface area contributed by atoms with E-state index in [-0.39, 0.29) is 18.8 Å². The third-order valence-corrected chi connectivity index (χ3v) is 3.18. The van der Waals surface area contributed by atoms with Gasteiger partial charge in [0.2, 0.25) is 0 Å². The van der Waals surface area contributed by atoms with E-state index in [9.17, 15) is 9.59 Å². The number of hydrogen-bond acceptors (Lipinski definition) is 5. The fraction of sp³-hybridized carbons (Fsp3) is 0.385. The summed E-state index contributed by atoms with van der Waals surface area (Å²) in [5, 5.41) is 0. The van der Waals surface area contributed by atoms with E-state index in [1.165, 1.54) is 14.2 Å². The Labute approximate surface area is 120 Å². The Kier molecular flexibility index (Phi) is 5.82. The third-order valence-electron chi connectivity index (χ3n) is 2.40. The molecule has 1 aromatic carbocycles. The summed E-state index contributed by atoms with van der Waals surface area (Å²) in [6, 6.07) is 3.19. The fourth-order valence-corrected chi connectivity index (χ4v) is 2.25. The van der Waals surface area contributed by atoms with E-state index in [2.05, 4.69) is 15.9 Å². The lowest BCUT2D eigenvalue weighted by atomic mass is 10.1. The molecule has 104 valence electrons. The van der Waals surface area contributed by atoms with Gasteiger partial charge in [0, 0.05) is 5.56 Å². The van der Waals surface area contributed by atoms with E-state index < -0.39 is 5.97 Å². The molecule has 1 rings (SSSR count). The van der Waals surface area contributed by atoms with E-state index in [0.717, 1.165) is 0 Å². The first-order valence-electron chi connectivity index (χ1n) is 5.64. The standard InChI is InChI=1S/C13H15BrO5/c1-4-19-11(16)7-9(15)8-5-6-10(17-2)13(18-3)12(8)14/h5-6H,4,7H2,1-3H3. The van der Waals surface area contributed by atoms with Crippen molar-refractivity contribution in [2.45, 2.75) is 13.3 Å². The highest BCUT2D eigenvalue weighted by atomic mass is 79.9. The van der Waals surface area contributed by atoms with Gasteiger partial charge in [0.1, 0.15) is 6.42 Å². The van der Waals surface area contributed by atoms with Crippen molar-refractivity contribution in [1.82, 2.24) is 0 Å². The molecule has 0 aliphatic carbocycles. The number of Topliss-reactive ketones (excluding diaryl/α,β-unsaturated/α-hetero) is 1. The van der Waals surface area contributed by atoms with Gasteiger partial charge in [-0.05, 0) is 35.0 Å². The minimum atomic E-state index is -0.547. The van der Waals surface area contributed by atoms with Gasteiger partial charge in [0.15, 0.2) is 17.3 Å². The second-order valence-electron chi connectivity index (χ2n) is 3.57. The lowest BCUT2D eigenvalue weighted by Crippen LogP contribution is -2.12. The van der Waals surface area contributed by atoms with E-state index in [1.807, 2.05) is 0 Å². The van der Waals surface area contributed by atoms with Crippen molar-refractivity contribution in [2.75, 3.05) is 20.8 Å². The second kappa shape index (κ2) is 7.13. The first-order valence-corrected chi connectivity index (χ1v) is 6.43. The van der Waals surface area contributed by atoms with E-state index in [1.54, 1.807) is 19.1 Å². The summed E-state index contributed by atoms with van der Waals surface area (Å²) in [6.45, 7) is 1.94. The summed E-state index contributed by atoms with van der Waals surface area (Å²) in [5.74, 6) is 0.0275. The number of ketones is 1. The molecular formula is C13H15BrO5. The van der Waals surface area contributed by atoms with Crippen LogP contribution in [0.1, 0.15) is 23.7 Å². The van der Waals surface area contributed by atoms with Gasteiger partial charge in [0.05, 0.1) is 25.3 Å². The minimum absolute atomic E-state index is 0.249. The average molecular weight is 331 g/mol. The average Bonchev–Trinajstić information content (AvgIpc) is 2.38. The summed E-state index contributed by atoms with van der Waals surface area (Å²) in [7, 11) is 2.98. The number of methoxy groups -OCH3 is 2. The van der Waals surface area contributed by atoms with Crippen LogP contribution in [0.15, 0.2) is 16.6 Å². The number of ether oxygens (including phenoxy) is 3. The second-order valence-corrected chi connectivity index (χ2v) is 4.36. The summed E-state index contributed by atoms with van der Waals surface area (Å²) in [5.41, 5.74) is 0.353. The number of hydrogen-bond donors (Lipinski definition) is 0. The number of rotatable bonds is 6. The van der Waals surface area contributed by atoms with Crippen LogP contribution in [-0.2, 0) is 9.53 Å². The molecule has 0 aliphatic heterocycles. The van der Waals surface area contributed by atoms with Gasteiger partial charge < -0.3 is 14.2 Å². The van der Waals surface area contributed by atoms with Gasteiger partial charge in [-0.1, -0.05) is 0 Å². The Morgan fingerprint density at radius 3 is 2.42 bits per heavy atom. The van der Waals surface area contributed by atoms with Crippen LogP contribution in [0.3, 0.4) is 0 Å². The van der Waals surface area contributed by atoms with Gasteiger partial charge in [0.25, 0.3) is 0 Å². The van der Waals surface area contributed by atoms with Crippen molar-refractivity contribution in [1.29, 1.82) is 0 Å². The topological polar surface area (TPSA) is 61.8 Å². The van der Waals surface area contributed by atoms with E-state index in [0.29, 0.717) is 21.5 Å². The monoisotopic (exact) mass is 330 g/mol. The first kappa shape index (κ1) is 15.5. The molecule has 0 N–H and O–H groups in total. The maximum Gasteiger partial charge on any atom is 0.313 e. The van der Waals surface area contributed by atoms with Crippen LogP contribution in [-0.4, -0.2) is 32.6 Å². The summed E-state index contributed by atoms with van der Waals surface area (Å²) in [6.07, 6.45) is -0.304. The molecule has 0 fully saturated rings. The molecule has 0 saturated carbocycles. The Morgan fingerprint density at radius 2 is 1.89 bits per heavy atom. The third kappa shape index (κ3) is 3.70. The number of esters is 1. The highest BCUT2D eigenvalue weighted by molar-refractivity contribution is 9.10. The van der Waals surface area contributed by atoms with Gasteiger partial charge >= 0.3 is 5.97 Å². The van der Waals surface area contributed by atoms with Crippen LogP contribution >= 0.6 is 15.9 Å². The Morgan fingerprint density at radius 1 is 1.21 bits per heavy atom. The molecule has 1 aromatic rings. The van der Waals surface area contributed by atoms with E-state index in [4.69, 9.17) is 14.2 Å². The maximum absolute atomic E-state index is 12.0. The zero-order valence-corrected chi connectivity index (χ0v) is 12.6. The predicted molar refractivity (Wildman–Crippen MR) is 72.8 cm³/mol. The molecule has 0 unspecified atom stereocenters. The molecule has 19 heavy (non-hydrogen) atoms. The van der Waals surface area contributed by atoms with Crippen LogP contribution in [0.4, 0.5) is 0 Å². The molecule has 0 aromatic heterocycles. The highest BCUT2D eigenvalue weighted by Gasteiger charge is 2.20. The van der Waals surface area contributed by atoms with Crippen molar-refractivity contribution in [2.24, 2.45) is 0 Å². The van der Waals surface area contributed by atoms with Gasteiger partial charge in [-0.25, -0.2) is 0 Å².